The van der Waals surface area contributed by atoms with Gasteiger partial charge in [0.1, 0.15) is 11.6 Å². The van der Waals surface area contributed by atoms with Gasteiger partial charge in [0.2, 0.25) is 0 Å². The predicted octanol–water partition coefficient (Wildman–Crippen LogP) is 3.76. The molecule has 0 spiro atoms. The fraction of sp³-hybridized carbons (Fsp3) is 0.133. The van der Waals surface area contributed by atoms with Gasteiger partial charge in [-0.25, -0.2) is 8.78 Å². The molecule has 0 saturated carbocycles. The van der Waals surface area contributed by atoms with Gasteiger partial charge in [-0.15, -0.1) is 0 Å². The Balaban J connectivity index is 2.10. The zero-order valence-corrected chi connectivity index (χ0v) is 10.4. The Labute approximate surface area is 110 Å². The first-order valence-corrected chi connectivity index (χ1v) is 5.78. The van der Waals surface area contributed by atoms with Crippen LogP contribution in [0.1, 0.15) is 16.7 Å². The highest BCUT2D eigenvalue weighted by Crippen LogP contribution is 2.16. The molecule has 2 nitrogen and oxygen atoms in total. The van der Waals surface area contributed by atoms with E-state index in [0.717, 1.165) is 5.69 Å². The summed E-state index contributed by atoms with van der Waals surface area (Å²) >= 11 is 0. The van der Waals surface area contributed by atoms with E-state index in [2.05, 4.69) is 5.32 Å². The lowest BCUT2D eigenvalue weighted by atomic mass is 10.1. The van der Waals surface area contributed by atoms with Gasteiger partial charge >= 0.3 is 0 Å². The lowest BCUT2D eigenvalue weighted by molar-refractivity contribution is 0.612. The molecule has 4 heteroatoms. The fourth-order valence-corrected chi connectivity index (χ4v) is 1.71. The van der Waals surface area contributed by atoms with E-state index >= 15 is 0 Å². The SMILES string of the molecule is Cc1cc(NCc2ccc(C#N)cc2F)ccc1F. The molecular weight excluding hydrogens is 246 g/mol. The Hall–Kier alpha value is -2.41. The smallest absolute Gasteiger partial charge is 0.129 e. The van der Waals surface area contributed by atoms with Crippen LogP contribution in [0.3, 0.4) is 0 Å². The number of halogens is 2. The molecule has 0 fully saturated rings. The molecule has 2 aromatic carbocycles. The molecule has 0 saturated heterocycles. The summed E-state index contributed by atoms with van der Waals surface area (Å²) in [5.41, 5.74) is 2.01. The maximum Gasteiger partial charge on any atom is 0.129 e. The third kappa shape index (κ3) is 3.08. The minimum absolute atomic E-state index is 0.268. The summed E-state index contributed by atoms with van der Waals surface area (Å²) in [5, 5.41) is 11.7. The Bertz CT molecular complexity index is 645. The van der Waals surface area contributed by atoms with Gasteiger partial charge in [-0.3, -0.25) is 0 Å². The number of rotatable bonds is 3. The molecule has 2 aromatic rings. The van der Waals surface area contributed by atoms with Crippen LogP contribution in [0.15, 0.2) is 36.4 Å². The van der Waals surface area contributed by atoms with Crippen LogP contribution in [-0.2, 0) is 6.54 Å². The normalized spacial score (nSPS) is 10.0. The van der Waals surface area contributed by atoms with E-state index in [9.17, 15) is 8.78 Å². The van der Waals surface area contributed by atoms with Gasteiger partial charge in [0.25, 0.3) is 0 Å². The van der Waals surface area contributed by atoms with Crippen molar-refractivity contribution in [1.29, 1.82) is 5.26 Å². The highest BCUT2D eigenvalue weighted by molar-refractivity contribution is 5.46. The summed E-state index contributed by atoms with van der Waals surface area (Å²) in [6.07, 6.45) is 0. The lowest BCUT2D eigenvalue weighted by Crippen LogP contribution is -2.02. The highest BCUT2D eigenvalue weighted by Gasteiger charge is 2.04. The van der Waals surface area contributed by atoms with Crippen molar-refractivity contribution in [3.05, 3.63) is 64.7 Å². The number of hydrogen-bond donors (Lipinski definition) is 1. The van der Waals surface area contributed by atoms with Crippen LogP contribution in [0.4, 0.5) is 14.5 Å². The van der Waals surface area contributed by atoms with Crippen molar-refractivity contribution in [2.45, 2.75) is 13.5 Å². The Kier molecular flexibility index (Phi) is 3.76. The van der Waals surface area contributed by atoms with Gasteiger partial charge in [0.15, 0.2) is 0 Å². The number of nitrogens with one attached hydrogen (secondary N) is 1. The van der Waals surface area contributed by atoms with Gasteiger partial charge < -0.3 is 5.32 Å². The molecule has 19 heavy (non-hydrogen) atoms. The zero-order valence-electron chi connectivity index (χ0n) is 10.4. The van der Waals surface area contributed by atoms with Crippen molar-refractivity contribution < 1.29 is 8.78 Å². The number of benzene rings is 2. The van der Waals surface area contributed by atoms with E-state index < -0.39 is 5.82 Å². The number of nitriles is 1. The van der Waals surface area contributed by atoms with E-state index in [4.69, 9.17) is 5.26 Å². The third-order valence-electron chi connectivity index (χ3n) is 2.82. The predicted molar refractivity (Wildman–Crippen MR) is 69.6 cm³/mol. The van der Waals surface area contributed by atoms with Crippen LogP contribution in [0.5, 0.6) is 0 Å². The molecule has 1 N–H and O–H groups in total. The monoisotopic (exact) mass is 258 g/mol. The van der Waals surface area contributed by atoms with Crippen LogP contribution in [0.25, 0.3) is 0 Å². The minimum Gasteiger partial charge on any atom is -0.381 e. The second-order valence-corrected chi connectivity index (χ2v) is 4.24. The zero-order chi connectivity index (χ0) is 13.8. The average Bonchev–Trinajstić information content (AvgIpc) is 2.41. The van der Waals surface area contributed by atoms with E-state index in [-0.39, 0.29) is 12.4 Å². The topological polar surface area (TPSA) is 35.8 Å². The standard InChI is InChI=1S/C15H12F2N2/c1-10-6-13(4-5-14(10)16)19-9-12-3-2-11(8-18)7-15(12)17/h2-7,19H,9H2,1H3. The van der Waals surface area contributed by atoms with E-state index in [1.165, 1.54) is 12.1 Å². The van der Waals surface area contributed by atoms with E-state index in [1.807, 2.05) is 6.07 Å². The fourth-order valence-electron chi connectivity index (χ4n) is 1.71. The molecule has 0 aliphatic rings. The first-order chi connectivity index (χ1) is 9.10. The average molecular weight is 258 g/mol. The van der Waals surface area contributed by atoms with Gasteiger partial charge in [-0.1, -0.05) is 6.07 Å². The molecule has 0 unspecified atom stereocenters. The van der Waals surface area contributed by atoms with E-state index in [0.29, 0.717) is 16.7 Å². The molecule has 0 atom stereocenters. The van der Waals surface area contributed by atoms with E-state index in [1.54, 1.807) is 31.2 Å². The third-order valence-corrected chi connectivity index (χ3v) is 2.82. The van der Waals surface area contributed by atoms with Gasteiger partial charge in [0, 0.05) is 17.8 Å². The first-order valence-electron chi connectivity index (χ1n) is 5.78. The maximum absolute atomic E-state index is 13.6. The van der Waals surface area contributed by atoms with Crippen LogP contribution in [0, 0.1) is 29.9 Å². The molecule has 96 valence electrons. The van der Waals surface area contributed by atoms with Crippen molar-refractivity contribution in [1.82, 2.24) is 0 Å². The van der Waals surface area contributed by atoms with Crippen molar-refractivity contribution >= 4 is 5.69 Å². The van der Waals surface area contributed by atoms with Crippen LogP contribution < -0.4 is 5.32 Å². The summed E-state index contributed by atoms with van der Waals surface area (Å²) in [7, 11) is 0. The quantitative estimate of drug-likeness (QED) is 0.909. The Morgan fingerprint density at radius 2 is 1.89 bits per heavy atom. The Morgan fingerprint density at radius 3 is 2.53 bits per heavy atom. The molecule has 0 radical (unpaired) electrons. The Morgan fingerprint density at radius 1 is 1.11 bits per heavy atom. The number of hydrogen-bond acceptors (Lipinski definition) is 2. The van der Waals surface area contributed by atoms with Crippen molar-refractivity contribution in [3.63, 3.8) is 0 Å². The highest BCUT2D eigenvalue weighted by atomic mass is 19.1. The largest absolute Gasteiger partial charge is 0.381 e. The van der Waals surface area contributed by atoms with Gasteiger partial charge in [-0.2, -0.15) is 5.26 Å². The van der Waals surface area contributed by atoms with Gasteiger partial charge in [0.05, 0.1) is 11.6 Å². The maximum atomic E-state index is 13.6. The summed E-state index contributed by atoms with van der Waals surface area (Å²) in [6.45, 7) is 1.95. The molecule has 0 aliphatic heterocycles. The number of anilines is 1. The number of nitrogens with zero attached hydrogens (tertiary/aromatic N) is 1. The van der Waals surface area contributed by atoms with Crippen molar-refractivity contribution in [2.75, 3.05) is 5.32 Å². The lowest BCUT2D eigenvalue weighted by Gasteiger charge is -2.08. The first kappa shape index (κ1) is 13.0. The minimum atomic E-state index is -0.426. The second kappa shape index (κ2) is 5.49. The molecule has 2 rings (SSSR count). The summed E-state index contributed by atoms with van der Waals surface area (Å²) in [5.74, 6) is -0.694. The number of aryl methyl sites for hydroxylation is 1. The second-order valence-electron chi connectivity index (χ2n) is 4.24. The van der Waals surface area contributed by atoms with Crippen LogP contribution in [-0.4, -0.2) is 0 Å². The molecule has 0 aromatic heterocycles. The van der Waals surface area contributed by atoms with Crippen LogP contribution in [0.2, 0.25) is 0 Å². The van der Waals surface area contributed by atoms with Crippen molar-refractivity contribution in [2.24, 2.45) is 0 Å². The molecular formula is C15H12F2N2. The summed E-state index contributed by atoms with van der Waals surface area (Å²) in [6, 6.07) is 10.8. The summed E-state index contributed by atoms with van der Waals surface area (Å²) < 4.78 is 26.7. The molecule has 0 amide bonds. The molecule has 0 bridgehead atoms. The molecule has 0 heterocycles. The summed E-state index contributed by atoms with van der Waals surface area (Å²) in [4.78, 5) is 0. The molecule has 0 aliphatic carbocycles. The van der Waals surface area contributed by atoms with Crippen molar-refractivity contribution in [3.8, 4) is 6.07 Å². The van der Waals surface area contributed by atoms with Gasteiger partial charge in [-0.05, 0) is 42.8 Å². The van der Waals surface area contributed by atoms with Crippen LogP contribution >= 0.6 is 0 Å².